The summed E-state index contributed by atoms with van der Waals surface area (Å²) in [4.78, 5) is 35.1. The number of nitrogens with zero attached hydrogens (tertiary/aromatic N) is 2. The Morgan fingerprint density at radius 1 is 1.45 bits per heavy atom. The summed E-state index contributed by atoms with van der Waals surface area (Å²) in [6.45, 7) is 1.48. The van der Waals surface area contributed by atoms with Crippen LogP contribution in [-0.4, -0.2) is 33.0 Å². The summed E-state index contributed by atoms with van der Waals surface area (Å²) < 4.78 is 6.50. The van der Waals surface area contributed by atoms with Gasteiger partial charge in [-0.3, -0.25) is 24.5 Å². The maximum Gasteiger partial charge on any atom is 0.350 e. The zero-order valence-electron chi connectivity index (χ0n) is 10.6. The number of ether oxygens (including phenoxy) is 1. The standard InChI is InChI=1S/C11H14BrN3O5/c12-6-11(1-3-20-4-2-11)7-14-5-8(15(18)19)9(16)13-10(14)17/h5H,1-4,6-7H2,(H,13,16,17). The molecule has 0 aliphatic carbocycles. The van der Waals surface area contributed by atoms with E-state index in [0.29, 0.717) is 25.1 Å². The quantitative estimate of drug-likeness (QED) is 0.488. The van der Waals surface area contributed by atoms with Crippen LogP contribution in [0.1, 0.15) is 12.8 Å². The summed E-state index contributed by atoms with van der Waals surface area (Å²) in [7, 11) is 0. The highest BCUT2D eigenvalue weighted by Gasteiger charge is 2.33. The molecule has 2 heterocycles. The first-order valence-electron chi connectivity index (χ1n) is 6.09. The minimum atomic E-state index is -0.976. The molecular weight excluding hydrogens is 334 g/mol. The van der Waals surface area contributed by atoms with E-state index in [1.54, 1.807) is 0 Å². The molecule has 8 nitrogen and oxygen atoms in total. The molecular formula is C11H14BrN3O5. The Bertz CT molecular complexity index is 617. The number of rotatable bonds is 4. The molecule has 0 amide bonds. The second kappa shape index (κ2) is 5.88. The molecule has 1 aliphatic heterocycles. The molecule has 0 aromatic carbocycles. The molecule has 1 N–H and O–H groups in total. The topological polar surface area (TPSA) is 107 Å². The van der Waals surface area contributed by atoms with Crippen molar-refractivity contribution < 1.29 is 9.66 Å². The number of halogens is 1. The van der Waals surface area contributed by atoms with E-state index < -0.39 is 21.9 Å². The van der Waals surface area contributed by atoms with Gasteiger partial charge in [0, 0.05) is 30.5 Å². The van der Waals surface area contributed by atoms with Gasteiger partial charge in [-0.15, -0.1) is 0 Å². The van der Waals surface area contributed by atoms with E-state index in [2.05, 4.69) is 15.9 Å². The Hall–Kier alpha value is -1.48. The van der Waals surface area contributed by atoms with Crippen LogP contribution < -0.4 is 11.2 Å². The summed E-state index contributed by atoms with van der Waals surface area (Å²) >= 11 is 3.44. The van der Waals surface area contributed by atoms with Gasteiger partial charge in [0.15, 0.2) is 0 Å². The molecule has 1 aromatic heterocycles. The van der Waals surface area contributed by atoms with Crippen LogP contribution in [0.2, 0.25) is 0 Å². The van der Waals surface area contributed by atoms with Crippen molar-refractivity contribution in [2.45, 2.75) is 19.4 Å². The fourth-order valence-corrected chi connectivity index (χ4v) is 2.98. The molecule has 0 saturated carbocycles. The summed E-state index contributed by atoms with van der Waals surface area (Å²) in [5.74, 6) is 0. The van der Waals surface area contributed by atoms with Gasteiger partial charge in [-0.1, -0.05) is 15.9 Å². The second-order valence-electron chi connectivity index (χ2n) is 4.90. The van der Waals surface area contributed by atoms with Crippen LogP contribution in [0.4, 0.5) is 5.69 Å². The van der Waals surface area contributed by atoms with Gasteiger partial charge in [0.05, 0.1) is 11.1 Å². The number of nitrogens with one attached hydrogen (secondary N) is 1. The van der Waals surface area contributed by atoms with Gasteiger partial charge >= 0.3 is 16.9 Å². The number of hydrogen-bond acceptors (Lipinski definition) is 5. The summed E-state index contributed by atoms with van der Waals surface area (Å²) in [6.07, 6.45) is 2.51. The number of hydrogen-bond donors (Lipinski definition) is 1. The molecule has 1 aliphatic rings. The molecule has 20 heavy (non-hydrogen) atoms. The molecule has 0 bridgehead atoms. The van der Waals surface area contributed by atoms with Crippen molar-refractivity contribution in [3.63, 3.8) is 0 Å². The Morgan fingerprint density at radius 2 is 2.10 bits per heavy atom. The molecule has 0 spiro atoms. The van der Waals surface area contributed by atoms with Gasteiger partial charge < -0.3 is 4.74 Å². The maximum absolute atomic E-state index is 11.8. The van der Waals surface area contributed by atoms with Crippen LogP contribution in [-0.2, 0) is 11.3 Å². The van der Waals surface area contributed by atoms with Crippen LogP contribution >= 0.6 is 15.9 Å². The van der Waals surface area contributed by atoms with E-state index in [4.69, 9.17) is 4.74 Å². The van der Waals surface area contributed by atoms with Gasteiger partial charge in [-0.2, -0.15) is 0 Å². The van der Waals surface area contributed by atoms with E-state index >= 15 is 0 Å². The fourth-order valence-electron chi connectivity index (χ4n) is 2.25. The monoisotopic (exact) mass is 347 g/mol. The van der Waals surface area contributed by atoms with Gasteiger partial charge in [-0.25, -0.2) is 4.79 Å². The van der Waals surface area contributed by atoms with E-state index in [0.717, 1.165) is 19.0 Å². The molecule has 0 atom stereocenters. The van der Waals surface area contributed by atoms with Crippen LogP contribution in [0, 0.1) is 15.5 Å². The second-order valence-corrected chi connectivity index (χ2v) is 5.47. The zero-order chi connectivity index (χ0) is 14.8. The highest BCUT2D eigenvalue weighted by atomic mass is 79.9. The Balaban J connectivity index is 2.37. The third-order valence-corrected chi connectivity index (χ3v) is 4.72. The summed E-state index contributed by atoms with van der Waals surface area (Å²) in [6, 6.07) is 0. The minimum Gasteiger partial charge on any atom is -0.381 e. The van der Waals surface area contributed by atoms with Crippen molar-refractivity contribution in [3.8, 4) is 0 Å². The van der Waals surface area contributed by atoms with E-state index in [1.807, 2.05) is 4.98 Å². The van der Waals surface area contributed by atoms with Crippen LogP contribution in [0.3, 0.4) is 0 Å². The Labute approximate surface area is 122 Å². The first kappa shape index (κ1) is 14.9. The molecule has 1 aromatic rings. The average molecular weight is 348 g/mol. The van der Waals surface area contributed by atoms with Gasteiger partial charge in [0.2, 0.25) is 0 Å². The normalized spacial score (nSPS) is 17.9. The predicted octanol–water partition coefficient (Wildman–Crippen LogP) is 0.636. The maximum atomic E-state index is 11.8. The van der Waals surface area contributed by atoms with Crippen LogP contribution in [0.15, 0.2) is 15.8 Å². The fraction of sp³-hybridized carbons (Fsp3) is 0.636. The lowest BCUT2D eigenvalue weighted by molar-refractivity contribution is -0.386. The number of alkyl halides is 1. The van der Waals surface area contributed by atoms with Crippen LogP contribution in [0.5, 0.6) is 0 Å². The lowest BCUT2D eigenvalue weighted by Gasteiger charge is -2.35. The van der Waals surface area contributed by atoms with Crippen molar-refractivity contribution in [3.05, 3.63) is 37.1 Å². The largest absolute Gasteiger partial charge is 0.381 e. The van der Waals surface area contributed by atoms with Crippen LogP contribution in [0.25, 0.3) is 0 Å². The van der Waals surface area contributed by atoms with Crippen molar-refractivity contribution >= 4 is 21.6 Å². The number of aromatic amines is 1. The predicted molar refractivity (Wildman–Crippen MR) is 74.3 cm³/mol. The molecule has 0 unspecified atom stereocenters. The molecule has 0 radical (unpaired) electrons. The van der Waals surface area contributed by atoms with E-state index in [9.17, 15) is 19.7 Å². The lowest BCUT2D eigenvalue weighted by Crippen LogP contribution is -2.40. The lowest BCUT2D eigenvalue weighted by atomic mass is 9.82. The molecule has 1 fully saturated rings. The van der Waals surface area contributed by atoms with Crippen molar-refractivity contribution in [1.82, 2.24) is 9.55 Å². The first-order chi connectivity index (χ1) is 9.47. The highest BCUT2D eigenvalue weighted by Crippen LogP contribution is 2.34. The molecule has 2 rings (SSSR count). The first-order valence-corrected chi connectivity index (χ1v) is 7.21. The number of H-pyrrole nitrogens is 1. The minimum absolute atomic E-state index is 0.200. The van der Waals surface area contributed by atoms with Crippen molar-refractivity contribution in [2.75, 3.05) is 18.5 Å². The Kier molecular flexibility index (Phi) is 4.39. The average Bonchev–Trinajstić information content (AvgIpc) is 2.42. The molecule has 9 heteroatoms. The third-order valence-electron chi connectivity index (χ3n) is 3.53. The highest BCUT2D eigenvalue weighted by molar-refractivity contribution is 9.09. The zero-order valence-corrected chi connectivity index (χ0v) is 12.2. The van der Waals surface area contributed by atoms with Crippen molar-refractivity contribution in [1.29, 1.82) is 0 Å². The van der Waals surface area contributed by atoms with E-state index in [1.165, 1.54) is 4.57 Å². The Morgan fingerprint density at radius 3 is 2.65 bits per heavy atom. The van der Waals surface area contributed by atoms with Gasteiger partial charge in [0.25, 0.3) is 0 Å². The van der Waals surface area contributed by atoms with Gasteiger partial charge in [-0.05, 0) is 12.8 Å². The molecule has 1 saturated heterocycles. The smallest absolute Gasteiger partial charge is 0.350 e. The summed E-state index contributed by atoms with van der Waals surface area (Å²) in [5, 5.41) is 11.4. The number of nitro groups is 1. The SMILES string of the molecule is O=c1[nH]c(=O)n(CC2(CBr)CCOCC2)cc1[N+](=O)[O-]. The van der Waals surface area contributed by atoms with E-state index in [-0.39, 0.29) is 5.41 Å². The van der Waals surface area contributed by atoms with Gasteiger partial charge in [0.1, 0.15) is 0 Å². The molecule has 110 valence electrons. The third kappa shape index (κ3) is 2.98. The number of aromatic nitrogens is 2. The van der Waals surface area contributed by atoms with Crippen molar-refractivity contribution in [2.24, 2.45) is 5.41 Å². The summed E-state index contributed by atoms with van der Waals surface area (Å²) in [5.41, 5.74) is -2.43.